The van der Waals surface area contributed by atoms with Crippen molar-refractivity contribution in [2.45, 2.75) is 13.8 Å². The van der Waals surface area contributed by atoms with E-state index in [-0.39, 0.29) is 5.56 Å². The lowest BCUT2D eigenvalue weighted by Crippen LogP contribution is -2.15. The summed E-state index contributed by atoms with van der Waals surface area (Å²) in [5, 5.41) is 7.24. The lowest BCUT2D eigenvalue weighted by atomic mass is 10.2. The van der Waals surface area contributed by atoms with Crippen LogP contribution in [-0.2, 0) is 0 Å². The normalized spacial score (nSPS) is 10.7. The molecule has 0 bridgehead atoms. The average molecular weight is 388 g/mol. The van der Waals surface area contributed by atoms with Crippen LogP contribution in [0.25, 0.3) is 5.69 Å². The Labute approximate surface area is 147 Å². The molecule has 0 saturated carbocycles. The number of rotatable bonds is 3. The minimum absolute atomic E-state index is 0.0179. The van der Waals surface area contributed by atoms with Crippen molar-refractivity contribution >= 4 is 27.5 Å². The summed E-state index contributed by atoms with van der Waals surface area (Å²) in [6.07, 6.45) is 0. The van der Waals surface area contributed by atoms with Crippen LogP contribution in [0.5, 0.6) is 0 Å². The Balaban J connectivity index is 1.95. The Hall–Kier alpha value is -2.47. The van der Waals surface area contributed by atoms with Gasteiger partial charge in [-0.3, -0.25) is 4.79 Å². The molecule has 1 amide bonds. The second kappa shape index (κ2) is 6.57. The lowest BCUT2D eigenvalue weighted by molar-refractivity contribution is 0.102. The first-order valence-corrected chi connectivity index (χ1v) is 8.14. The number of para-hydroxylation sites is 1. The Morgan fingerprint density at radius 3 is 2.58 bits per heavy atom. The molecule has 3 rings (SSSR count). The molecule has 0 aliphatic heterocycles. The number of hydrogen-bond donors (Lipinski definition) is 1. The largest absolute Gasteiger partial charge is 0.319 e. The molecular weight excluding hydrogens is 373 g/mol. The first-order valence-electron chi connectivity index (χ1n) is 7.35. The zero-order valence-electron chi connectivity index (χ0n) is 13.2. The van der Waals surface area contributed by atoms with Gasteiger partial charge in [0.15, 0.2) is 0 Å². The van der Waals surface area contributed by atoms with Gasteiger partial charge in [0.25, 0.3) is 5.91 Å². The molecule has 0 atom stereocenters. The maximum Gasteiger partial charge on any atom is 0.258 e. The summed E-state index contributed by atoms with van der Waals surface area (Å²) in [5.74, 6) is -1.07. The van der Waals surface area contributed by atoms with Crippen molar-refractivity contribution < 1.29 is 9.18 Å². The Bertz CT molecular complexity index is 906. The van der Waals surface area contributed by atoms with Gasteiger partial charge >= 0.3 is 0 Å². The number of nitrogens with one attached hydrogen (secondary N) is 1. The van der Waals surface area contributed by atoms with Crippen LogP contribution in [0.4, 0.5) is 10.1 Å². The number of aromatic nitrogens is 2. The summed E-state index contributed by atoms with van der Waals surface area (Å²) in [4.78, 5) is 12.4. The van der Waals surface area contributed by atoms with Gasteiger partial charge in [0, 0.05) is 4.47 Å². The van der Waals surface area contributed by atoms with Gasteiger partial charge in [0.05, 0.1) is 28.3 Å². The topological polar surface area (TPSA) is 46.9 Å². The number of anilines is 1. The molecule has 122 valence electrons. The van der Waals surface area contributed by atoms with Crippen molar-refractivity contribution in [1.82, 2.24) is 9.78 Å². The van der Waals surface area contributed by atoms with Gasteiger partial charge in [-0.15, -0.1) is 0 Å². The number of amides is 1. The third-order valence-corrected chi connectivity index (χ3v) is 4.20. The quantitative estimate of drug-likeness (QED) is 0.711. The van der Waals surface area contributed by atoms with E-state index in [9.17, 15) is 9.18 Å². The second-order valence-electron chi connectivity index (χ2n) is 5.37. The van der Waals surface area contributed by atoms with Crippen LogP contribution in [0.1, 0.15) is 21.7 Å². The summed E-state index contributed by atoms with van der Waals surface area (Å²) >= 11 is 3.25. The maximum atomic E-state index is 13.9. The molecule has 6 heteroatoms. The fourth-order valence-electron chi connectivity index (χ4n) is 2.50. The first-order chi connectivity index (χ1) is 11.5. The van der Waals surface area contributed by atoms with Crippen molar-refractivity contribution in [2.75, 3.05) is 5.32 Å². The molecule has 0 saturated heterocycles. The van der Waals surface area contributed by atoms with Crippen LogP contribution in [0.15, 0.2) is 53.0 Å². The van der Waals surface area contributed by atoms with E-state index in [2.05, 4.69) is 26.3 Å². The highest BCUT2D eigenvalue weighted by Crippen LogP contribution is 2.24. The van der Waals surface area contributed by atoms with Gasteiger partial charge < -0.3 is 5.32 Å². The van der Waals surface area contributed by atoms with E-state index in [0.717, 1.165) is 11.4 Å². The highest BCUT2D eigenvalue weighted by atomic mass is 79.9. The van der Waals surface area contributed by atoms with Crippen molar-refractivity contribution in [3.05, 3.63) is 75.8 Å². The van der Waals surface area contributed by atoms with Crippen LogP contribution < -0.4 is 5.32 Å². The monoisotopic (exact) mass is 387 g/mol. The Morgan fingerprint density at radius 1 is 1.17 bits per heavy atom. The molecule has 0 aliphatic rings. The summed E-state index contributed by atoms with van der Waals surface area (Å²) in [6, 6.07) is 13.9. The second-order valence-corrected chi connectivity index (χ2v) is 6.29. The van der Waals surface area contributed by atoms with E-state index >= 15 is 0 Å². The number of nitrogens with zero attached hydrogens (tertiary/aromatic N) is 2. The molecular formula is C18H15BrFN3O. The van der Waals surface area contributed by atoms with Crippen molar-refractivity contribution in [1.29, 1.82) is 0 Å². The molecule has 2 aromatic carbocycles. The van der Waals surface area contributed by atoms with Crippen LogP contribution in [0.3, 0.4) is 0 Å². The van der Waals surface area contributed by atoms with E-state index < -0.39 is 11.7 Å². The minimum atomic E-state index is -0.568. The van der Waals surface area contributed by atoms with Gasteiger partial charge in [-0.05, 0) is 44.2 Å². The van der Waals surface area contributed by atoms with E-state index in [1.54, 1.807) is 17.7 Å². The standard InChI is InChI=1S/C18H15BrFN3O/c1-11-17(12(2)23(22-11)14-6-4-3-5-7-14)21-18(24)15-10-13(19)8-9-16(15)20/h3-10H,1-2H3,(H,21,24). The predicted molar refractivity (Wildman–Crippen MR) is 95.1 cm³/mol. The summed E-state index contributed by atoms with van der Waals surface area (Å²) in [6.45, 7) is 3.67. The third-order valence-electron chi connectivity index (χ3n) is 3.70. The summed E-state index contributed by atoms with van der Waals surface area (Å²) < 4.78 is 16.3. The van der Waals surface area contributed by atoms with Crippen molar-refractivity contribution in [3.8, 4) is 5.69 Å². The SMILES string of the molecule is Cc1nn(-c2ccccc2)c(C)c1NC(=O)c1cc(Br)ccc1F. The number of halogens is 2. The van der Waals surface area contributed by atoms with Crippen LogP contribution in [-0.4, -0.2) is 15.7 Å². The van der Waals surface area contributed by atoms with Crippen molar-refractivity contribution in [2.24, 2.45) is 0 Å². The molecule has 0 spiro atoms. The van der Waals surface area contributed by atoms with Gasteiger partial charge in [-0.25, -0.2) is 9.07 Å². The fraction of sp³-hybridized carbons (Fsp3) is 0.111. The molecule has 4 nitrogen and oxygen atoms in total. The zero-order chi connectivity index (χ0) is 17.3. The molecule has 1 heterocycles. The van der Waals surface area contributed by atoms with Crippen LogP contribution >= 0.6 is 15.9 Å². The summed E-state index contributed by atoms with van der Waals surface area (Å²) in [7, 11) is 0. The van der Waals surface area contributed by atoms with Gasteiger partial charge in [-0.2, -0.15) is 5.10 Å². The highest BCUT2D eigenvalue weighted by Gasteiger charge is 2.18. The molecule has 1 aromatic heterocycles. The zero-order valence-corrected chi connectivity index (χ0v) is 14.8. The predicted octanol–water partition coefficient (Wildman–Crippen LogP) is 4.64. The first kappa shape index (κ1) is 16.4. The lowest BCUT2D eigenvalue weighted by Gasteiger charge is -2.08. The van der Waals surface area contributed by atoms with Gasteiger partial charge in [0.2, 0.25) is 0 Å². The number of hydrogen-bond acceptors (Lipinski definition) is 2. The van der Waals surface area contributed by atoms with E-state index in [1.165, 1.54) is 12.1 Å². The number of carbonyl (C=O) groups excluding carboxylic acids is 1. The van der Waals surface area contributed by atoms with E-state index in [0.29, 0.717) is 15.9 Å². The van der Waals surface area contributed by atoms with E-state index in [1.807, 2.05) is 37.3 Å². The molecule has 24 heavy (non-hydrogen) atoms. The van der Waals surface area contributed by atoms with Crippen LogP contribution in [0, 0.1) is 19.7 Å². The van der Waals surface area contributed by atoms with Gasteiger partial charge in [-0.1, -0.05) is 34.1 Å². The molecule has 1 N–H and O–H groups in total. The molecule has 0 radical (unpaired) electrons. The smallest absolute Gasteiger partial charge is 0.258 e. The molecule has 0 aliphatic carbocycles. The average Bonchev–Trinajstić information content (AvgIpc) is 2.86. The van der Waals surface area contributed by atoms with Gasteiger partial charge in [0.1, 0.15) is 5.82 Å². The van der Waals surface area contributed by atoms with Crippen LogP contribution in [0.2, 0.25) is 0 Å². The minimum Gasteiger partial charge on any atom is -0.319 e. The number of aryl methyl sites for hydroxylation is 1. The fourth-order valence-corrected chi connectivity index (χ4v) is 2.86. The molecule has 3 aromatic rings. The highest BCUT2D eigenvalue weighted by molar-refractivity contribution is 9.10. The molecule has 0 unspecified atom stereocenters. The summed E-state index contributed by atoms with van der Waals surface area (Å²) in [5.41, 5.74) is 2.91. The molecule has 0 fully saturated rings. The van der Waals surface area contributed by atoms with Crippen molar-refractivity contribution in [3.63, 3.8) is 0 Å². The number of benzene rings is 2. The number of carbonyl (C=O) groups is 1. The maximum absolute atomic E-state index is 13.9. The third kappa shape index (κ3) is 3.10. The Kier molecular flexibility index (Phi) is 4.49. The van der Waals surface area contributed by atoms with E-state index in [4.69, 9.17) is 0 Å². The Morgan fingerprint density at radius 2 is 1.88 bits per heavy atom.